The summed E-state index contributed by atoms with van der Waals surface area (Å²) in [5.74, 6) is 1.32. The molecule has 2 aromatic rings. The highest BCUT2D eigenvalue weighted by atomic mass is 16.5. The van der Waals surface area contributed by atoms with Crippen molar-refractivity contribution in [3.8, 4) is 11.6 Å². The van der Waals surface area contributed by atoms with E-state index in [1.54, 1.807) is 12.4 Å². The summed E-state index contributed by atoms with van der Waals surface area (Å²) in [4.78, 5) is 8.62. The van der Waals surface area contributed by atoms with Gasteiger partial charge in [0, 0.05) is 12.6 Å². The minimum absolute atomic E-state index is 0.528. The maximum atomic E-state index is 5.66. The maximum absolute atomic E-state index is 5.66. The third-order valence-corrected chi connectivity index (χ3v) is 3.04. The SMILES string of the molecule is Cc1cccc(Oc2cnc(CNC3CC3)cn2)c1. The van der Waals surface area contributed by atoms with E-state index in [0.717, 1.165) is 23.6 Å². The van der Waals surface area contributed by atoms with Crippen molar-refractivity contribution in [2.75, 3.05) is 0 Å². The number of aromatic nitrogens is 2. The van der Waals surface area contributed by atoms with Crippen LogP contribution in [0.1, 0.15) is 24.1 Å². The Morgan fingerprint density at radius 2 is 2.16 bits per heavy atom. The first-order valence-electron chi connectivity index (χ1n) is 6.58. The molecule has 0 saturated heterocycles. The Kier molecular flexibility index (Phi) is 3.42. The fraction of sp³-hybridized carbons (Fsp3) is 0.333. The Morgan fingerprint density at radius 1 is 1.26 bits per heavy atom. The molecule has 1 aromatic heterocycles. The standard InChI is InChI=1S/C15H17N3O/c1-11-3-2-4-14(7-11)19-15-10-17-13(9-18-15)8-16-12-5-6-12/h2-4,7,9-10,12,16H,5-6,8H2,1H3. The average molecular weight is 255 g/mol. The molecule has 1 saturated carbocycles. The van der Waals surface area contributed by atoms with E-state index in [1.165, 1.54) is 12.8 Å². The number of nitrogens with one attached hydrogen (secondary N) is 1. The van der Waals surface area contributed by atoms with Crippen LogP contribution in [0.5, 0.6) is 11.6 Å². The number of nitrogens with zero attached hydrogens (tertiary/aromatic N) is 2. The van der Waals surface area contributed by atoms with Crippen LogP contribution in [-0.2, 0) is 6.54 Å². The predicted octanol–water partition coefficient (Wildman–Crippen LogP) is 2.83. The van der Waals surface area contributed by atoms with Gasteiger partial charge in [-0.05, 0) is 37.5 Å². The van der Waals surface area contributed by atoms with Gasteiger partial charge in [0.2, 0.25) is 5.88 Å². The van der Waals surface area contributed by atoms with Gasteiger partial charge in [0.05, 0.1) is 18.1 Å². The first-order valence-corrected chi connectivity index (χ1v) is 6.58. The molecule has 0 amide bonds. The van der Waals surface area contributed by atoms with E-state index in [1.807, 2.05) is 31.2 Å². The van der Waals surface area contributed by atoms with Crippen molar-refractivity contribution in [1.29, 1.82) is 0 Å². The normalized spacial score (nSPS) is 14.4. The molecule has 1 aliphatic carbocycles. The molecule has 1 fully saturated rings. The van der Waals surface area contributed by atoms with Gasteiger partial charge in [-0.1, -0.05) is 12.1 Å². The summed E-state index contributed by atoms with van der Waals surface area (Å²) in [5.41, 5.74) is 2.11. The van der Waals surface area contributed by atoms with Crippen LogP contribution in [0.15, 0.2) is 36.7 Å². The first kappa shape index (κ1) is 12.1. The molecule has 3 rings (SSSR count). The Balaban J connectivity index is 1.61. The van der Waals surface area contributed by atoms with Crippen LogP contribution in [0.25, 0.3) is 0 Å². The summed E-state index contributed by atoms with van der Waals surface area (Å²) in [6.45, 7) is 2.81. The van der Waals surface area contributed by atoms with Crippen LogP contribution in [0.3, 0.4) is 0 Å². The molecular formula is C15H17N3O. The molecule has 1 N–H and O–H groups in total. The van der Waals surface area contributed by atoms with Gasteiger partial charge >= 0.3 is 0 Å². The van der Waals surface area contributed by atoms with E-state index in [0.29, 0.717) is 11.9 Å². The molecule has 0 radical (unpaired) electrons. The lowest BCUT2D eigenvalue weighted by molar-refractivity contribution is 0.458. The van der Waals surface area contributed by atoms with Gasteiger partial charge in [0.1, 0.15) is 5.75 Å². The lowest BCUT2D eigenvalue weighted by Gasteiger charge is -2.06. The molecule has 1 aromatic carbocycles. The monoisotopic (exact) mass is 255 g/mol. The Bertz CT molecular complexity index is 550. The molecule has 0 aliphatic heterocycles. The van der Waals surface area contributed by atoms with Crippen LogP contribution in [0.4, 0.5) is 0 Å². The molecular weight excluding hydrogens is 238 g/mol. The van der Waals surface area contributed by atoms with E-state index >= 15 is 0 Å². The van der Waals surface area contributed by atoms with Gasteiger partial charge in [-0.25, -0.2) is 4.98 Å². The van der Waals surface area contributed by atoms with Crippen molar-refractivity contribution in [2.24, 2.45) is 0 Å². The second-order valence-electron chi connectivity index (χ2n) is 4.92. The summed E-state index contributed by atoms with van der Waals surface area (Å²) in [5, 5.41) is 3.41. The van der Waals surface area contributed by atoms with Gasteiger partial charge in [0.15, 0.2) is 0 Å². The smallest absolute Gasteiger partial charge is 0.237 e. The molecule has 4 nitrogen and oxygen atoms in total. The highest BCUT2D eigenvalue weighted by molar-refractivity contribution is 5.30. The zero-order chi connectivity index (χ0) is 13.1. The lowest BCUT2D eigenvalue weighted by Crippen LogP contribution is -2.16. The number of benzene rings is 1. The molecule has 0 spiro atoms. The van der Waals surface area contributed by atoms with Gasteiger partial charge in [-0.3, -0.25) is 4.98 Å². The van der Waals surface area contributed by atoms with Crippen molar-refractivity contribution in [2.45, 2.75) is 32.4 Å². The fourth-order valence-corrected chi connectivity index (χ4v) is 1.82. The molecule has 0 unspecified atom stereocenters. The van der Waals surface area contributed by atoms with Crippen molar-refractivity contribution in [3.05, 3.63) is 47.9 Å². The second kappa shape index (κ2) is 5.36. The Hall–Kier alpha value is -1.94. The minimum atomic E-state index is 0.528. The highest BCUT2D eigenvalue weighted by Gasteiger charge is 2.20. The van der Waals surface area contributed by atoms with Crippen molar-refractivity contribution >= 4 is 0 Å². The summed E-state index contributed by atoms with van der Waals surface area (Å²) in [7, 11) is 0. The quantitative estimate of drug-likeness (QED) is 0.892. The first-order chi connectivity index (χ1) is 9.29. The predicted molar refractivity (Wildman–Crippen MR) is 73.1 cm³/mol. The molecule has 98 valence electrons. The summed E-state index contributed by atoms with van der Waals surface area (Å²) in [6.07, 6.45) is 6.00. The Morgan fingerprint density at radius 3 is 2.84 bits per heavy atom. The molecule has 0 atom stereocenters. The number of aryl methyl sites for hydroxylation is 1. The number of ether oxygens (including phenoxy) is 1. The maximum Gasteiger partial charge on any atom is 0.237 e. The number of hydrogen-bond acceptors (Lipinski definition) is 4. The molecule has 19 heavy (non-hydrogen) atoms. The van der Waals surface area contributed by atoms with Crippen LogP contribution >= 0.6 is 0 Å². The van der Waals surface area contributed by atoms with E-state index in [9.17, 15) is 0 Å². The van der Waals surface area contributed by atoms with E-state index in [4.69, 9.17) is 4.74 Å². The number of hydrogen-bond donors (Lipinski definition) is 1. The lowest BCUT2D eigenvalue weighted by atomic mass is 10.2. The largest absolute Gasteiger partial charge is 0.437 e. The van der Waals surface area contributed by atoms with Gasteiger partial charge in [0.25, 0.3) is 0 Å². The van der Waals surface area contributed by atoms with Crippen LogP contribution in [-0.4, -0.2) is 16.0 Å². The molecule has 1 heterocycles. The van der Waals surface area contributed by atoms with Crippen LogP contribution < -0.4 is 10.1 Å². The minimum Gasteiger partial charge on any atom is -0.437 e. The van der Waals surface area contributed by atoms with Crippen molar-refractivity contribution < 1.29 is 4.74 Å². The van der Waals surface area contributed by atoms with Crippen LogP contribution in [0.2, 0.25) is 0 Å². The van der Waals surface area contributed by atoms with Gasteiger partial charge in [-0.2, -0.15) is 0 Å². The van der Waals surface area contributed by atoms with E-state index in [-0.39, 0.29) is 0 Å². The van der Waals surface area contributed by atoms with Gasteiger partial charge in [-0.15, -0.1) is 0 Å². The molecule has 1 aliphatic rings. The van der Waals surface area contributed by atoms with Crippen molar-refractivity contribution in [3.63, 3.8) is 0 Å². The summed E-state index contributed by atoms with van der Waals surface area (Å²) >= 11 is 0. The average Bonchev–Trinajstić information content (AvgIpc) is 3.22. The van der Waals surface area contributed by atoms with E-state index < -0.39 is 0 Å². The third-order valence-electron chi connectivity index (χ3n) is 3.04. The van der Waals surface area contributed by atoms with Crippen molar-refractivity contribution in [1.82, 2.24) is 15.3 Å². The molecule has 0 bridgehead atoms. The third kappa shape index (κ3) is 3.51. The van der Waals surface area contributed by atoms with Gasteiger partial charge < -0.3 is 10.1 Å². The zero-order valence-corrected chi connectivity index (χ0v) is 11.0. The Labute approximate surface area is 112 Å². The fourth-order valence-electron chi connectivity index (χ4n) is 1.82. The summed E-state index contributed by atoms with van der Waals surface area (Å²) < 4.78 is 5.66. The summed E-state index contributed by atoms with van der Waals surface area (Å²) in [6, 6.07) is 8.57. The molecule has 4 heteroatoms. The van der Waals surface area contributed by atoms with Crippen LogP contribution in [0, 0.1) is 6.92 Å². The second-order valence-corrected chi connectivity index (χ2v) is 4.92. The zero-order valence-electron chi connectivity index (χ0n) is 11.0. The topological polar surface area (TPSA) is 47.0 Å². The highest BCUT2D eigenvalue weighted by Crippen LogP contribution is 2.20. The number of rotatable bonds is 5. The van der Waals surface area contributed by atoms with E-state index in [2.05, 4.69) is 15.3 Å².